The molecular formula is C22H23FN4O3. The van der Waals surface area contributed by atoms with Gasteiger partial charge >= 0.3 is 6.03 Å². The lowest BCUT2D eigenvalue weighted by Gasteiger charge is -2.16. The monoisotopic (exact) mass is 410 g/mol. The molecule has 2 aromatic carbocycles. The van der Waals surface area contributed by atoms with E-state index >= 15 is 0 Å². The van der Waals surface area contributed by atoms with Crippen LogP contribution in [0.15, 0.2) is 53.1 Å². The first-order chi connectivity index (χ1) is 14.6. The number of urea groups is 1. The molecule has 1 aliphatic heterocycles. The number of carbonyl (C=O) groups excluding carboxylic acids is 1. The standard InChI is InChI=1S/C22H23FN4O3/c1-15-2-8-19(9-3-15)29-14-20-25-21(26-30-20)17-10-11-27(13-17)22(28)24-12-16-4-6-18(23)7-5-16/h2-9,17H,10-14H2,1H3,(H,24,28). The Kier molecular flexibility index (Phi) is 5.92. The van der Waals surface area contributed by atoms with Crippen LogP contribution in [0.2, 0.25) is 0 Å². The molecule has 1 aromatic heterocycles. The summed E-state index contributed by atoms with van der Waals surface area (Å²) in [5, 5.41) is 6.92. The van der Waals surface area contributed by atoms with Crippen LogP contribution < -0.4 is 10.1 Å². The summed E-state index contributed by atoms with van der Waals surface area (Å²) < 4.78 is 23.9. The van der Waals surface area contributed by atoms with Gasteiger partial charge in [0, 0.05) is 25.6 Å². The van der Waals surface area contributed by atoms with Crippen molar-refractivity contribution in [1.29, 1.82) is 0 Å². The summed E-state index contributed by atoms with van der Waals surface area (Å²) in [6, 6.07) is 13.6. The summed E-state index contributed by atoms with van der Waals surface area (Å²) >= 11 is 0. The van der Waals surface area contributed by atoms with Crippen molar-refractivity contribution in [1.82, 2.24) is 20.4 Å². The van der Waals surface area contributed by atoms with E-state index in [1.165, 1.54) is 12.1 Å². The van der Waals surface area contributed by atoms with Gasteiger partial charge in [-0.3, -0.25) is 0 Å². The van der Waals surface area contributed by atoms with Gasteiger partial charge in [-0.1, -0.05) is 35.0 Å². The predicted molar refractivity (Wildman–Crippen MR) is 107 cm³/mol. The van der Waals surface area contributed by atoms with Crippen molar-refractivity contribution in [2.45, 2.75) is 32.4 Å². The smallest absolute Gasteiger partial charge is 0.317 e. The molecule has 0 bridgehead atoms. The van der Waals surface area contributed by atoms with Crippen molar-refractivity contribution in [2.24, 2.45) is 0 Å². The molecule has 3 aromatic rings. The van der Waals surface area contributed by atoms with E-state index in [-0.39, 0.29) is 24.4 Å². The Bertz CT molecular complexity index is 988. The van der Waals surface area contributed by atoms with Crippen LogP contribution in [0.1, 0.15) is 35.2 Å². The highest BCUT2D eigenvalue weighted by Gasteiger charge is 2.30. The maximum Gasteiger partial charge on any atom is 0.317 e. The zero-order valence-corrected chi connectivity index (χ0v) is 16.7. The highest BCUT2D eigenvalue weighted by molar-refractivity contribution is 5.74. The fraction of sp³-hybridized carbons (Fsp3) is 0.318. The minimum absolute atomic E-state index is 0.0263. The molecule has 2 heterocycles. The van der Waals surface area contributed by atoms with Crippen molar-refractivity contribution in [2.75, 3.05) is 13.1 Å². The number of likely N-dealkylation sites (tertiary alicyclic amines) is 1. The summed E-state index contributed by atoms with van der Waals surface area (Å²) in [5.41, 5.74) is 2.01. The molecule has 0 spiro atoms. The summed E-state index contributed by atoms with van der Waals surface area (Å²) in [4.78, 5) is 18.6. The van der Waals surface area contributed by atoms with Crippen LogP contribution in [0.3, 0.4) is 0 Å². The lowest BCUT2D eigenvalue weighted by atomic mass is 10.1. The molecular weight excluding hydrogens is 387 g/mol. The molecule has 1 unspecified atom stereocenters. The summed E-state index contributed by atoms with van der Waals surface area (Å²) in [6.07, 6.45) is 0.766. The molecule has 2 amide bonds. The molecule has 1 fully saturated rings. The number of halogens is 1. The lowest BCUT2D eigenvalue weighted by molar-refractivity contribution is 0.207. The quantitative estimate of drug-likeness (QED) is 0.669. The Labute approximate surface area is 173 Å². The van der Waals surface area contributed by atoms with Crippen molar-refractivity contribution in [3.8, 4) is 5.75 Å². The van der Waals surface area contributed by atoms with Gasteiger partial charge in [0.2, 0.25) is 0 Å². The van der Waals surface area contributed by atoms with Crippen LogP contribution in [-0.4, -0.2) is 34.2 Å². The first kappa shape index (κ1) is 19.9. The molecule has 1 aliphatic rings. The van der Waals surface area contributed by atoms with Gasteiger partial charge in [-0.15, -0.1) is 0 Å². The summed E-state index contributed by atoms with van der Waals surface area (Å²) in [7, 11) is 0. The van der Waals surface area contributed by atoms with Gasteiger partial charge in [0.15, 0.2) is 12.4 Å². The zero-order chi connectivity index (χ0) is 20.9. The van der Waals surface area contributed by atoms with Gasteiger partial charge in [0.1, 0.15) is 11.6 Å². The van der Waals surface area contributed by atoms with E-state index in [4.69, 9.17) is 9.26 Å². The first-order valence-corrected chi connectivity index (χ1v) is 9.86. The third-order valence-corrected chi connectivity index (χ3v) is 5.06. The van der Waals surface area contributed by atoms with Gasteiger partial charge in [0.05, 0.1) is 0 Å². The van der Waals surface area contributed by atoms with Gasteiger partial charge in [0.25, 0.3) is 5.89 Å². The average Bonchev–Trinajstić information content (AvgIpc) is 3.42. The van der Waals surface area contributed by atoms with Crippen LogP contribution in [0, 0.1) is 12.7 Å². The molecule has 1 saturated heterocycles. The Balaban J connectivity index is 1.26. The number of benzene rings is 2. The topological polar surface area (TPSA) is 80.5 Å². The van der Waals surface area contributed by atoms with Gasteiger partial charge < -0.3 is 19.5 Å². The number of hydrogen-bond acceptors (Lipinski definition) is 5. The first-order valence-electron chi connectivity index (χ1n) is 9.86. The maximum absolute atomic E-state index is 13.0. The van der Waals surface area contributed by atoms with Crippen LogP contribution >= 0.6 is 0 Å². The minimum atomic E-state index is -0.295. The Morgan fingerprint density at radius 3 is 2.77 bits per heavy atom. The van der Waals surface area contributed by atoms with Crippen LogP contribution in [0.4, 0.5) is 9.18 Å². The molecule has 0 radical (unpaired) electrons. The molecule has 7 nitrogen and oxygen atoms in total. The molecule has 8 heteroatoms. The van der Waals surface area contributed by atoms with E-state index < -0.39 is 0 Å². The molecule has 0 saturated carbocycles. The maximum atomic E-state index is 13.0. The molecule has 4 rings (SSSR count). The van der Waals surface area contributed by atoms with Crippen LogP contribution in [0.25, 0.3) is 0 Å². The number of ether oxygens (including phenoxy) is 1. The molecule has 0 aliphatic carbocycles. The number of carbonyl (C=O) groups is 1. The van der Waals surface area contributed by atoms with Crippen LogP contribution in [0.5, 0.6) is 5.75 Å². The number of rotatable bonds is 6. The van der Waals surface area contributed by atoms with Crippen molar-refractivity contribution >= 4 is 6.03 Å². The van der Waals surface area contributed by atoms with E-state index in [2.05, 4.69) is 15.5 Å². The summed E-state index contributed by atoms with van der Waals surface area (Å²) in [5.74, 6) is 1.47. The largest absolute Gasteiger partial charge is 0.484 e. The van der Waals surface area contributed by atoms with Crippen LogP contribution in [-0.2, 0) is 13.2 Å². The third-order valence-electron chi connectivity index (χ3n) is 5.06. The Morgan fingerprint density at radius 1 is 1.23 bits per heavy atom. The number of aryl methyl sites for hydroxylation is 1. The fourth-order valence-corrected chi connectivity index (χ4v) is 3.32. The predicted octanol–water partition coefficient (Wildman–Crippen LogP) is 3.80. The van der Waals surface area contributed by atoms with E-state index in [0.717, 1.165) is 23.3 Å². The van der Waals surface area contributed by atoms with Crippen molar-refractivity contribution in [3.05, 3.63) is 77.2 Å². The lowest BCUT2D eigenvalue weighted by Crippen LogP contribution is -2.38. The average molecular weight is 410 g/mol. The number of nitrogens with one attached hydrogen (secondary N) is 1. The van der Waals surface area contributed by atoms with E-state index in [0.29, 0.717) is 31.3 Å². The second-order valence-electron chi connectivity index (χ2n) is 7.36. The molecule has 1 N–H and O–H groups in total. The van der Waals surface area contributed by atoms with Gasteiger partial charge in [-0.2, -0.15) is 4.98 Å². The van der Waals surface area contributed by atoms with Gasteiger partial charge in [-0.05, 0) is 43.2 Å². The van der Waals surface area contributed by atoms with Crippen molar-refractivity contribution < 1.29 is 18.4 Å². The van der Waals surface area contributed by atoms with Gasteiger partial charge in [-0.25, -0.2) is 9.18 Å². The summed E-state index contributed by atoms with van der Waals surface area (Å²) in [6.45, 7) is 3.70. The van der Waals surface area contributed by atoms with E-state index in [1.807, 2.05) is 31.2 Å². The number of nitrogens with zero attached hydrogens (tertiary/aromatic N) is 3. The minimum Gasteiger partial charge on any atom is -0.484 e. The van der Waals surface area contributed by atoms with Crippen molar-refractivity contribution in [3.63, 3.8) is 0 Å². The highest BCUT2D eigenvalue weighted by atomic mass is 19.1. The number of aromatic nitrogens is 2. The number of amides is 2. The Morgan fingerprint density at radius 2 is 2.00 bits per heavy atom. The second-order valence-corrected chi connectivity index (χ2v) is 7.36. The zero-order valence-electron chi connectivity index (χ0n) is 16.7. The third kappa shape index (κ3) is 4.94. The molecule has 30 heavy (non-hydrogen) atoms. The molecule has 156 valence electrons. The van der Waals surface area contributed by atoms with E-state index in [1.54, 1.807) is 17.0 Å². The van der Waals surface area contributed by atoms with E-state index in [9.17, 15) is 9.18 Å². The number of hydrogen-bond donors (Lipinski definition) is 1. The Hall–Kier alpha value is -3.42. The highest BCUT2D eigenvalue weighted by Crippen LogP contribution is 2.25. The normalized spacial score (nSPS) is 15.9. The molecule has 1 atom stereocenters. The SMILES string of the molecule is Cc1ccc(OCc2nc(C3CCN(C(=O)NCc4ccc(F)cc4)C3)no2)cc1. The fourth-order valence-electron chi connectivity index (χ4n) is 3.32. The second kappa shape index (κ2) is 8.94.